The van der Waals surface area contributed by atoms with Gasteiger partial charge in [0.05, 0.1) is 29.5 Å². The number of para-hydroxylation sites is 2. The number of aromatic nitrogens is 3. The number of hydrogen-bond donors (Lipinski definition) is 0. The predicted octanol–water partition coefficient (Wildman–Crippen LogP) is 2.72. The van der Waals surface area contributed by atoms with Crippen molar-refractivity contribution in [2.24, 2.45) is 0 Å². The van der Waals surface area contributed by atoms with Crippen molar-refractivity contribution in [1.29, 1.82) is 0 Å². The Labute approximate surface area is 120 Å². The minimum Gasteiger partial charge on any atom is -0.289 e. The number of rotatable bonds is 3. The first-order valence-electron chi connectivity index (χ1n) is 7.04. The summed E-state index contributed by atoms with van der Waals surface area (Å²) in [6.45, 7) is 0.360. The van der Waals surface area contributed by atoms with Gasteiger partial charge in [0, 0.05) is 6.04 Å². The van der Waals surface area contributed by atoms with Crippen LogP contribution in [0.4, 0.5) is 4.39 Å². The van der Waals surface area contributed by atoms with Crippen LogP contribution in [0.5, 0.6) is 0 Å². The predicted molar refractivity (Wildman–Crippen MR) is 77.8 cm³/mol. The second kappa shape index (κ2) is 4.55. The summed E-state index contributed by atoms with van der Waals surface area (Å²) in [5.74, 6) is -0.369. The lowest BCUT2D eigenvalue weighted by molar-refractivity contribution is 0.615. The zero-order chi connectivity index (χ0) is 14.4. The van der Waals surface area contributed by atoms with Crippen molar-refractivity contribution in [2.75, 3.05) is 0 Å². The van der Waals surface area contributed by atoms with E-state index in [0.29, 0.717) is 18.3 Å². The third-order valence-corrected chi connectivity index (χ3v) is 3.89. The second-order valence-electron chi connectivity index (χ2n) is 5.43. The maximum absolute atomic E-state index is 12.9. The molecule has 1 aromatic carbocycles. The van der Waals surface area contributed by atoms with E-state index in [1.54, 1.807) is 10.6 Å². The number of nitrogens with zero attached hydrogens (tertiary/aromatic N) is 3. The number of pyridine rings is 1. The third kappa shape index (κ3) is 2.05. The van der Waals surface area contributed by atoms with Crippen molar-refractivity contribution in [3.8, 4) is 0 Å². The summed E-state index contributed by atoms with van der Waals surface area (Å²) in [5.41, 5.74) is 2.54. The smallest absolute Gasteiger partial charge is 0.289 e. The van der Waals surface area contributed by atoms with E-state index < -0.39 is 0 Å². The highest BCUT2D eigenvalue weighted by Gasteiger charge is 2.28. The summed E-state index contributed by atoms with van der Waals surface area (Å²) in [5, 5.41) is 0. The highest BCUT2D eigenvalue weighted by atomic mass is 19.1. The normalized spacial score (nSPS) is 14.7. The molecule has 1 aliphatic rings. The van der Waals surface area contributed by atoms with Crippen molar-refractivity contribution < 1.29 is 4.39 Å². The van der Waals surface area contributed by atoms with Gasteiger partial charge in [-0.15, -0.1) is 0 Å². The molecule has 0 unspecified atom stereocenters. The summed E-state index contributed by atoms with van der Waals surface area (Å²) in [7, 11) is 0. The summed E-state index contributed by atoms with van der Waals surface area (Å²) in [4.78, 5) is 16.7. The number of hydrogen-bond acceptors (Lipinski definition) is 2. The van der Waals surface area contributed by atoms with Crippen LogP contribution in [0.15, 0.2) is 47.4 Å². The van der Waals surface area contributed by atoms with Gasteiger partial charge in [-0.25, -0.2) is 9.18 Å². The highest BCUT2D eigenvalue weighted by molar-refractivity contribution is 5.76. The molecule has 5 heteroatoms. The minimum absolute atomic E-state index is 0.00942. The first kappa shape index (κ1) is 12.3. The molecule has 0 bridgehead atoms. The maximum atomic E-state index is 12.9. The van der Waals surface area contributed by atoms with Gasteiger partial charge in [-0.3, -0.25) is 14.1 Å². The van der Waals surface area contributed by atoms with Gasteiger partial charge in [0.15, 0.2) is 0 Å². The first-order valence-corrected chi connectivity index (χ1v) is 7.04. The van der Waals surface area contributed by atoms with Gasteiger partial charge in [-0.2, -0.15) is 0 Å². The van der Waals surface area contributed by atoms with Crippen LogP contribution in [0, 0.1) is 5.82 Å². The molecular formula is C16H14FN3O. The Morgan fingerprint density at radius 3 is 2.57 bits per heavy atom. The summed E-state index contributed by atoms with van der Waals surface area (Å²) >= 11 is 0. The molecule has 1 fully saturated rings. The maximum Gasteiger partial charge on any atom is 0.329 e. The van der Waals surface area contributed by atoms with Crippen LogP contribution >= 0.6 is 0 Å². The van der Waals surface area contributed by atoms with E-state index in [1.165, 1.54) is 12.3 Å². The fraction of sp³-hybridized carbons (Fsp3) is 0.250. The molecule has 0 saturated heterocycles. The van der Waals surface area contributed by atoms with E-state index >= 15 is 0 Å². The monoisotopic (exact) mass is 283 g/mol. The molecule has 1 aliphatic carbocycles. The van der Waals surface area contributed by atoms with Crippen LogP contribution in [-0.2, 0) is 6.54 Å². The minimum atomic E-state index is -0.369. The molecular weight excluding hydrogens is 269 g/mol. The number of halogens is 1. The van der Waals surface area contributed by atoms with Gasteiger partial charge < -0.3 is 0 Å². The fourth-order valence-electron chi connectivity index (χ4n) is 2.73. The lowest BCUT2D eigenvalue weighted by atomic mass is 10.3. The summed E-state index contributed by atoms with van der Waals surface area (Å²) in [6.07, 6.45) is 3.30. The van der Waals surface area contributed by atoms with Gasteiger partial charge in [0.1, 0.15) is 5.82 Å². The standard InChI is InChI=1S/C16H14FN3O/c17-11-5-6-12(18-9-11)10-19-14-3-1-2-4-15(14)20(16(19)21)13-7-8-13/h1-6,9,13H,7-8,10H2. The van der Waals surface area contributed by atoms with Gasteiger partial charge in [-0.05, 0) is 37.1 Å². The Morgan fingerprint density at radius 1 is 1.14 bits per heavy atom. The molecule has 4 nitrogen and oxygen atoms in total. The molecule has 4 rings (SSSR count). The van der Waals surface area contributed by atoms with E-state index in [9.17, 15) is 9.18 Å². The van der Waals surface area contributed by atoms with Gasteiger partial charge in [0.2, 0.25) is 0 Å². The molecule has 0 atom stereocenters. The summed E-state index contributed by atoms with van der Waals surface area (Å²) in [6, 6.07) is 11.1. The molecule has 21 heavy (non-hydrogen) atoms. The number of benzene rings is 1. The van der Waals surface area contributed by atoms with Crippen LogP contribution in [0.2, 0.25) is 0 Å². The number of imidazole rings is 1. The Balaban J connectivity index is 1.86. The van der Waals surface area contributed by atoms with Crippen LogP contribution < -0.4 is 5.69 Å². The lowest BCUT2D eigenvalue weighted by Gasteiger charge is -2.02. The second-order valence-corrected chi connectivity index (χ2v) is 5.43. The van der Waals surface area contributed by atoms with E-state index in [-0.39, 0.29) is 11.5 Å². The van der Waals surface area contributed by atoms with Gasteiger partial charge >= 0.3 is 5.69 Å². The average molecular weight is 283 g/mol. The van der Waals surface area contributed by atoms with Gasteiger partial charge in [0.25, 0.3) is 0 Å². The average Bonchev–Trinajstić information content (AvgIpc) is 3.28. The molecule has 0 aliphatic heterocycles. The van der Waals surface area contributed by atoms with Crippen LogP contribution in [-0.4, -0.2) is 14.1 Å². The van der Waals surface area contributed by atoms with Crippen molar-refractivity contribution >= 4 is 11.0 Å². The molecule has 2 aromatic heterocycles. The number of fused-ring (bicyclic) bond motifs is 1. The quantitative estimate of drug-likeness (QED) is 0.741. The fourth-order valence-corrected chi connectivity index (χ4v) is 2.73. The van der Waals surface area contributed by atoms with Crippen molar-refractivity contribution in [3.05, 3.63) is 64.6 Å². The Hall–Kier alpha value is -2.43. The van der Waals surface area contributed by atoms with E-state index in [1.807, 2.05) is 28.8 Å². The first-order chi connectivity index (χ1) is 10.2. The largest absolute Gasteiger partial charge is 0.329 e. The van der Waals surface area contributed by atoms with Crippen LogP contribution in [0.25, 0.3) is 11.0 Å². The molecule has 1 saturated carbocycles. The van der Waals surface area contributed by atoms with Crippen molar-refractivity contribution in [1.82, 2.24) is 14.1 Å². The van der Waals surface area contributed by atoms with Crippen molar-refractivity contribution in [2.45, 2.75) is 25.4 Å². The SMILES string of the molecule is O=c1n(Cc2ccc(F)cn2)c2ccccc2n1C1CC1. The molecule has 0 N–H and O–H groups in total. The molecule has 2 heterocycles. The van der Waals surface area contributed by atoms with E-state index in [2.05, 4.69) is 4.98 Å². The Kier molecular flexibility index (Phi) is 2.67. The Bertz CT molecular complexity index is 859. The molecule has 0 amide bonds. The molecule has 0 radical (unpaired) electrons. The highest BCUT2D eigenvalue weighted by Crippen LogP contribution is 2.36. The molecule has 3 aromatic rings. The molecule has 106 valence electrons. The summed E-state index contributed by atoms with van der Waals surface area (Å²) < 4.78 is 16.5. The third-order valence-electron chi connectivity index (χ3n) is 3.89. The van der Waals surface area contributed by atoms with Crippen LogP contribution in [0.3, 0.4) is 0 Å². The zero-order valence-corrected chi connectivity index (χ0v) is 11.4. The van der Waals surface area contributed by atoms with Crippen LogP contribution in [0.1, 0.15) is 24.6 Å². The lowest BCUT2D eigenvalue weighted by Crippen LogP contribution is -2.24. The topological polar surface area (TPSA) is 39.8 Å². The van der Waals surface area contributed by atoms with E-state index in [0.717, 1.165) is 23.9 Å². The van der Waals surface area contributed by atoms with Gasteiger partial charge in [-0.1, -0.05) is 12.1 Å². The van der Waals surface area contributed by atoms with E-state index in [4.69, 9.17) is 0 Å². The van der Waals surface area contributed by atoms with Crippen molar-refractivity contribution in [3.63, 3.8) is 0 Å². The Morgan fingerprint density at radius 2 is 1.90 bits per heavy atom. The molecule has 0 spiro atoms. The zero-order valence-electron chi connectivity index (χ0n) is 11.4.